The topological polar surface area (TPSA) is 51.8 Å². The monoisotopic (exact) mass is 279 g/mol. The first kappa shape index (κ1) is 13.7. The zero-order valence-corrected chi connectivity index (χ0v) is 10.9. The SMILES string of the molecule is CC(N)c1nnc(C2CCCC(C(F)(F)F)C2)s1. The number of alkyl halides is 3. The molecule has 3 nitrogen and oxygen atoms in total. The third kappa shape index (κ3) is 3.00. The Morgan fingerprint density at radius 1 is 1.33 bits per heavy atom. The zero-order chi connectivity index (χ0) is 13.3. The largest absolute Gasteiger partial charge is 0.391 e. The van der Waals surface area contributed by atoms with E-state index in [1.54, 1.807) is 6.92 Å². The van der Waals surface area contributed by atoms with Crippen LogP contribution in [0.15, 0.2) is 0 Å². The molecule has 3 unspecified atom stereocenters. The molecule has 1 aliphatic rings. The summed E-state index contributed by atoms with van der Waals surface area (Å²) in [6, 6.07) is -0.210. The normalized spacial score (nSPS) is 27.2. The van der Waals surface area contributed by atoms with E-state index < -0.39 is 12.1 Å². The van der Waals surface area contributed by atoms with Crippen LogP contribution >= 0.6 is 11.3 Å². The number of rotatable bonds is 2. The molecule has 1 heterocycles. The molecule has 102 valence electrons. The second kappa shape index (κ2) is 5.13. The lowest BCUT2D eigenvalue weighted by Gasteiger charge is -2.29. The number of nitrogens with two attached hydrogens (primary N) is 1. The Bertz CT molecular complexity index is 402. The molecule has 2 rings (SSSR count). The van der Waals surface area contributed by atoms with Gasteiger partial charge in [-0.1, -0.05) is 17.8 Å². The van der Waals surface area contributed by atoms with Gasteiger partial charge in [0.2, 0.25) is 0 Å². The Labute approximate surface area is 108 Å². The molecule has 0 saturated heterocycles. The maximum atomic E-state index is 12.7. The van der Waals surface area contributed by atoms with Gasteiger partial charge in [-0.2, -0.15) is 13.2 Å². The summed E-state index contributed by atoms with van der Waals surface area (Å²) < 4.78 is 38.1. The van der Waals surface area contributed by atoms with Crippen molar-refractivity contribution >= 4 is 11.3 Å². The standard InChI is InChI=1S/C11H16F3N3S/c1-6(15)9-16-17-10(18-9)7-3-2-4-8(5-7)11(12,13)14/h6-8H,2-5,15H2,1H3. The van der Waals surface area contributed by atoms with Crippen LogP contribution in [0.25, 0.3) is 0 Å². The second-order valence-corrected chi connectivity index (χ2v) is 5.91. The van der Waals surface area contributed by atoms with E-state index in [1.807, 2.05) is 0 Å². The molecule has 1 fully saturated rings. The summed E-state index contributed by atoms with van der Waals surface area (Å²) >= 11 is 1.35. The Hall–Kier alpha value is -0.690. The summed E-state index contributed by atoms with van der Waals surface area (Å²) in [7, 11) is 0. The minimum absolute atomic E-state index is 0.115. The third-order valence-electron chi connectivity index (χ3n) is 3.33. The van der Waals surface area contributed by atoms with Crippen LogP contribution in [0.5, 0.6) is 0 Å². The van der Waals surface area contributed by atoms with Crippen LogP contribution < -0.4 is 5.73 Å². The van der Waals surface area contributed by atoms with E-state index in [0.717, 1.165) is 6.42 Å². The average Bonchev–Trinajstić information content (AvgIpc) is 2.77. The predicted molar refractivity (Wildman–Crippen MR) is 63.3 cm³/mol. The molecule has 0 aromatic carbocycles. The average molecular weight is 279 g/mol. The van der Waals surface area contributed by atoms with Gasteiger partial charge in [-0.25, -0.2) is 0 Å². The Morgan fingerprint density at radius 2 is 2.06 bits per heavy atom. The van der Waals surface area contributed by atoms with Gasteiger partial charge in [-0.3, -0.25) is 0 Å². The van der Waals surface area contributed by atoms with Crippen molar-refractivity contribution in [2.45, 2.75) is 50.7 Å². The summed E-state index contributed by atoms with van der Waals surface area (Å²) in [5, 5.41) is 9.34. The quantitative estimate of drug-likeness (QED) is 0.902. The van der Waals surface area contributed by atoms with Gasteiger partial charge in [0.1, 0.15) is 10.0 Å². The number of hydrogen-bond acceptors (Lipinski definition) is 4. The number of hydrogen-bond donors (Lipinski definition) is 1. The number of halogens is 3. The van der Waals surface area contributed by atoms with Crippen molar-refractivity contribution in [3.63, 3.8) is 0 Å². The van der Waals surface area contributed by atoms with Gasteiger partial charge in [0.05, 0.1) is 12.0 Å². The van der Waals surface area contributed by atoms with Crippen LogP contribution in [0.3, 0.4) is 0 Å². The van der Waals surface area contributed by atoms with E-state index in [0.29, 0.717) is 16.4 Å². The highest BCUT2D eigenvalue weighted by atomic mass is 32.1. The summed E-state index contributed by atoms with van der Waals surface area (Å²) in [6.45, 7) is 1.80. The van der Waals surface area contributed by atoms with Crippen LogP contribution in [0.2, 0.25) is 0 Å². The maximum Gasteiger partial charge on any atom is 0.391 e. The molecule has 0 aliphatic heterocycles. The molecular weight excluding hydrogens is 263 g/mol. The molecule has 7 heteroatoms. The zero-order valence-electron chi connectivity index (χ0n) is 10.1. The fourth-order valence-electron chi connectivity index (χ4n) is 2.31. The molecule has 3 atom stereocenters. The van der Waals surface area contributed by atoms with Gasteiger partial charge in [-0.15, -0.1) is 10.2 Å². The molecule has 2 N–H and O–H groups in total. The van der Waals surface area contributed by atoms with Gasteiger partial charge in [-0.05, 0) is 26.2 Å². The highest BCUT2D eigenvalue weighted by Crippen LogP contribution is 2.44. The summed E-state index contributed by atoms with van der Waals surface area (Å²) in [5.74, 6) is -1.31. The van der Waals surface area contributed by atoms with Crippen molar-refractivity contribution in [2.24, 2.45) is 11.7 Å². The van der Waals surface area contributed by atoms with E-state index >= 15 is 0 Å². The first-order valence-electron chi connectivity index (χ1n) is 6.03. The highest BCUT2D eigenvalue weighted by molar-refractivity contribution is 7.11. The number of aromatic nitrogens is 2. The van der Waals surface area contributed by atoms with Crippen LogP contribution in [0.1, 0.15) is 54.6 Å². The summed E-state index contributed by atoms with van der Waals surface area (Å²) in [5.41, 5.74) is 5.68. The van der Waals surface area contributed by atoms with E-state index in [9.17, 15) is 13.2 Å². The maximum absolute atomic E-state index is 12.7. The fraction of sp³-hybridized carbons (Fsp3) is 0.818. The van der Waals surface area contributed by atoms with Crippen molar-refractivity contribution in [1.29, 1.82) is 0 Å². The molecule has 0 amide bonds. The van der Waals surface area contributed by atoms with Crippen LogP contribution in [0.4, 0.5) is 13.2 Å². The third-order valence-corrected chi connectivity index (χ3v) is 4.62. The van der Waals surface area contributed by atoms with Gasteiger partial charge < -0.3 is 5.73 Å². The first-order chi connectivity index (χ1) is 8.38. The van der Waals surface area contributed by atoms with Crippen LogP contribution in [-0.2, 0) is 0 Å². The van der Waals surface area contributed by atoms with Gasteiger partial charge >= 0.3 is 6.18 Å². The first-order valence-corrected chi connectivity index (χ1v) is 6.85. The van der Waals surface area contributed by atoms with Gasteiger partial charge in [0, 0.05) is 5.92 Å². The Balaban J connectivity index is 2.08. The van der Waals surface area contributed by atoms with Crippen molar-refractivity contribution in [3.05, 3.63) is 10.0 Å². The lowest BCUT2D eigenvalue weighted by molar-refractivity contribution is -0.183. The molecule has 0 radical (unpaired) electrons. The van der Waals surface area contributed by atoms with E-state index in [2.05, 4.69) is 10.2 Å². The molecule has 1 saturated carbocycles. The fourth-order valence-corrected chi connectivity index (χ4v) is 3.25. The molecule has 0 bridgehead atoms. The second-order valence-electron chi connectivity index (χ2n) is 4.87. The van der Waals surface area contributed by atoms with Crippen LogP contribution in [0, 0.1) is 5.92 Å². The minimum atomic E-state index is -4.09. The van der Waals surface area contributed by atoms with E-state index in [-0.39, 0.29) is 24.8 Å². The molecule has 18 heavy (non-hydrogen) atoms. The van der Waals surface area contributed by atoms with Gasteiger partial charge in [0.15, 0.2) is 0 Å². The Morgan fingerprint density at radius 3 is 2.61 bits per heavy atom. The van der Waals surface area contributed by atoms with E-state index in [1.165, 1.54) is 11.3 Å². The minimum Gasteiger partial charge on any atom is -0.322 e. The lowest BCUT2D eigenvalue weighted by Crippen LogP contribution is -2.28. The van der Waals surface area contributed by atoms with Gasteiger partial charge in [0.25, 0.3) is 0 Å². The van der Waals surface area contributed by atoms with Crippen LogP contribution in [-0.4, -0.2) is 16.4 Å². The molecular formula is C11H16F3N3S. The number of nitrogens with zero attached hydrogens (tertiary/aromatic N) is 2. The molecule has 1 aromatic heterocycles. The predicted octanol–water partition coefficient (Wildman–Crippen LogP) is 3.39. The molecule has 1 aliphatic carbocycles. The Kier molecular flexibility index (Phi) is 3.91. The summed E-state index contributed by atoms with van der Waals surface area (Å²) in [4.78, 5) is 0. The van der Waals surface area contributed by atoms with Crippen molar-refractivity contribution < 1.29 is 13.2 Å². The summed E-state index contributed by atoms with van der Waals surface area (Å²) in [6.07, 6.45) is -2.36. The van der Waals surface area contributed by atoms with Crippen molar-refractivity contribution in [2.75, 3.05) is 0 Å². The van der Waals surface area contributed by atoms with Crippen molar-refractivity contribution in [1.82, 2.24) is 10.2 Å². The van der Waals surface area contributed by atoms with E-state index in [4.69, 9.17) is 5.73 Å². The smallest absolute Gasteiger partial charge is 0.322 e. The molecule has 1 aromatic rings. The lowest BCUT2D eigenvalue weighted by atomic mass is 9.81. The van der Waals surface area contributed by atoms with Crippen molar-refractivity contribution in [3.8, 4) is 0 Å². The molecule has 0 spiro atoms. The highest BCUT2D eigenvalue weighted by Gasteiger charge is 2.43.